The predicted octanol–water partition coefficient (Wildman–Crippen LogP) is 2.54. The first kappa shape index (κ1) is 19.3. The lowest BCUT2D eigenvalue weighted by molar-refractivity contribution is 0.156. The number of hydrogen-bond donors (Lipinski definition) is 1. The number of carbonyl (C=O) groups excluding carboxylic acids is 1. The monoisotopic (exact) mass is 372 g/mol. The fourth-order valence-electron chi connectivity index (χ4n) is 3.29. The average Bonchev–Trinajstić information content (AvgIpc) is 3.11. The molecule has 1 aliphatic rings. The number of urea groups is 1. The number of hydrogen-bond acceptors (Lipinski definition) is 6. The van der Waals surface area contributed by atoms with Crippen molar-refractivity contribution in [3.05, 3.63) is 30.3 Å². The molecule has 0 radical (unpaired) electrons. The van der Waals surface area contributed by atoms with Gasteiger partial charge in [0.1, 0.15) is 12.2 Å². The Balaban J connectivity index is 1.53. The summed E-state index contributed by atoms with van der Waals surface area (Å²) in [6, 6.07) is 5.35. The zero-order valence-corrected chi connectivity index (χ0v) is 16.3. The van der Waals surface area contributed by atoms with Crippen molar-refractivity contribution in [3.63, 3.8) is 0 Å². The molecule has 0 atom stereocenters. The van der Waals surface area contributed by atoms with Gasteiger partial charge >= 0.3 is 6.03 Å². The molecule has 3 heterocycles. The summed E-state index contributed by atoms with van der Waals surface area (Å²) < 4.78 is 5.26. The highest BCUT2D eigenvalue weighted by molar-refractivity contribution is 5.74. The minimum absolute atomic E-state index is 0.158. The minimum atomic E-state index is -0.309. The molecule has 2 amide bonds. The number of pyridine rings is 1. The van der Waals surface area contributed by atoms with Crippen LogP contribution in [0.15, 0.2) is 28.9 Å². The van der Waals surface area contributed by atoms with Gasteiger partial charge in [0.2, 0.25) is 11.7 Å². The number of rotatable bonds is 6. The van der Waals surface area contributed by atoms with Crippen LogP contribution < -0.4 is 5.32 Å². The molecule has 0 aromatic carbocycles. The second-order valence-corrected chi connectivity index (χ2v) is 7.73. The average molecular weight is 372 g/mol. The molecule has 0 aliphatic carbocycles. The van der Waals surface area contributed by atoms with Crippen molar-refractivity contribution >= 4 is 6.03 Å². The number of likely N-dealkylation sites (tertiary alicyclic amines) is 1. The largest absolute Gasteiger partial charge is 0.337 e. The van der Waals surface area contributed by atoms with Gasteiger partial charge in [-0.2, -0.15) is 4.98 Å². The fourth-order valence-corrected chi connectivity index (χ4v) is 3.29. The highest BCUT2D eigenvalue weighted by Crippen LogP contribution is 2.15. The van der Waals surface area contributed by atoms with Crippen LogP contribution in [0.25, 0.3) is 11.5 Å². The predicted molar refractivity (Wildman–Crippen MR) is 102 cm³/mol. The van der Waals surface area contributed by atoms with Crippen molar-refractivity contribution in [1.29, 1.82) is 0 Å². The lowest BCUT2D eigenvalue weighted by Gasteiger charge is -2.36. The summed E-state index contributed by atoms with van der Waals surface area (Å²) in [6.45, 7) is 7.40. The van der Waals surface area contributed by atoms with E-state index in [4.69, 9.17) is 4.52 Å². The first-order valence-corrected chi connectivity index (χ1v) is 9.42. The minimum Gasteiger partial charge on any atom is -0.337 e. The first-order valence-electron chi connectivity index (χ1n) is 9.42. The van der Waals surface area contributed by atoms with Crippen molar-refractivity contribution in [2.24, 2.45) is 0 Å². The molecule has 0 unspecified atom stereocenters. The quantitative estimate of drug-likeness (QED) is 0.838. The molecular formula is C19H28N6O2. The molecule has 2 aromatic heterocycles. The molecule has 2 aromatic rings. The molecule has 8 heteroatoms. The van der Waals surface area contributed by atoms with Crippen LogP contribution in [0.1, 0.15) is 39.0 Å². The van der Waals surface area contributed by atoms with Crippen molar-refractivity contribution in [2.75, 3.05) is 26.7 Å². The molecule has 0 saturated carbocycles. The van der Waals surface area contributed by atoms with Gasteiger partial charge in [-0.3, -0.25) is 4.98 Å². The molecule has 0 bridgehead atoms. The van der Waals surface area contributed by atoms with Gasteiger partial charge in [-0.15, -0.1) is 0 Å². The summed E-state index contributed by atoms with van der Waals surface area (Å²) in [4.78, 5) is 25.1. The lowest BCUT2D eigenvalue weighted by Crippen LogP contribution is -2.55. The van der Waals surface area contributed by atoms with Gasteiger partial charge in [-0.1, -0.05) is 17.6 Å². The van der Waals surface area contributed by atoms with Gasteiger partial charge in [0.05, 0.1) is 0 Å². The molecular weight excluding hydrogens is 344 g/mol. The summed E-state index contributed by atoms with van der Waals surface area (Å²) >= 11 is 0. The molecule has 3 rings (SSSR count). The molecule has 0 spiro atoms. The van der Waals surface area contributed by atoms with Gasteiger partial charge < -0.3 is 19.6 Å². The number of nitrogens with one attached hydrogen (secondary N) is 1. The topological polar surface area (TPSA) is 87.4 Å². The maximum atomic E-state index is 12.6. The zero-order chi connectivity index (χ0) is 19.3. The van der Waals surface area contributed by atoms with Crippen molar-refractivity contribution in [2.45, 2.75) is 45.2 Å². The third kappa shape index (κ3) is 5.50. The maximum absolute atomic E-state index is 12.6. The molecule has 1 fully saturated rings. The van der Waals surface area contributed by atoms with E-state index in [0.717, 1.165) is 19.6 Å². The Morgan fingerprint density at radius 2 is 2.07 bits per heavy atom. The van der Waals surface area contributed by atoms with E-state index in [0.29, 0.717) is 17.4 Å². The number of carbonyl (C=O) groups is 1. The summed E-state index contributed by atoms with van der Waals surface area (Å²) in [6.07, 6.45) is 5.45. The van der Waals surface area contributed by atoms with E-state index in [2.05, 4.69) is 39.2 Å². The smallest absolute Gasteiger partial charge is 0.318 e. The highest BCUT2D eigenvalue weighted by atomic mass is 16.5. The van der Waals surface area contributed by atoms with Crippen LogP contribution in [0.5, 0.6) is 0 Å². The molecule has 27 heavy (non-hydrogen) atoms. The second-order valence-electron chi connectivity index (χ2n) is 7.73. The molecule has 1 saturated heterocycles. The van der Waals surface area contributed by atoms with Crippen LogP contribution in [-0.4, -0.2) is 63.2 Å². The first-order chi connectivity index (χ1) is 12.9. The van der Waals surface area contributed by atoms with Crippen LogP contribution in [-0.2, 0) is 6.54 Å². The summed E-state index contributed by atoms with van der Waals surface area (Å²) in [5.41, 5.74) is 0.332. The molecule has 8 nitrogen and oxygen atoms in total. The van der Waals surface area contributed by atoms with Crippen molar-refractivity contribution < 1.29 is 9.32 Å². The molecule has 1 aliphatic heterocycles. The van der Waals surface area contributed by atoms with Crippen molar-refractivity contribution in [3.8, 4) is 11.5 Å². The van der Waals surface area contributed by atoms with E-state index in [1.807, 2.05) is 18.2 Å². The normalized spacial score (nSPS) is 15.5. The maximum Gasteiger partial charge on any atom is 0.318 e. The van der Waals surface area contributed by atoms with Gasteiger partial charge in [0.15, 0.2) is 0 Å². The Bertz CT molecular complexity index is 740. The Hall–Kier alpha value is -2.48. The molecule has 1 N–H and O–H groups in total. The van der Waals surface area contributed by atoms with Crippen LogP contribution in [0.3, 0.4) is 0 Å². The van der Waals surface area contributed by atoms with E-state index >= 15 is 0 Å². The van der Waals surface area contributed by atoms with E-state index in [-0.39, 0.29) is 18.1 Å². The van der Waals surface area contributed by atoms with E-state index in [1.165, 1.54) is 19.3 Å². The van der Waals surface area contributed by atoms with Gasteiger partial charge in [-0.05, 0) is 51.9 Å². The fraction of sp³-hybridized carbons (Fsp3) is 0.579. The SMILES string of the molecule is CN(Cc1nc(-c2ccccn2)no1)C(=O)NC(C)(C)CN1CCCCC1. The summed E-state index contributed by atoms with van der Waals surface area (Å²) in [5, 5.41) is 7.04. The van der Waals surface area contributed by atoms with Crippen molar-refractivity contribution in [1.82, 2.24) is 30.2 Å². The molecule has 146 valence electrons. The van der Waals surface area contributed by atoms with E-state index in [9.17, 15) is 4.79 Å². The highest BCUT2D eigenvalue weighted by Gasteiger charge is 2.26. The third-order valence-electron chi connectivity index (χ3n) is 4.59. The number of nitrogens with zero attached hydrogens (tertiary/aromatic N) is 5. The standard InChI is InChI=1S/C19H28N6O2/c1-19(2,14-25-11-7-4-8-12-25)22-18(26)24(3)13-16-21-17(23-27-16)15-9-5-6-10-20-15/h5-6,9-10H,4,7-8,11-14H2,1-3H3,(H,22,26). The number of amides is 2. The van der Waals surface area contributed by atoms with E-state index in [1.54, 1.807) is 18.1 Å². The summed E-state index contributed by atoms with van der Waals surface area (Å²) in [7, 11) is 1.72. The van der Waals surface area contributed by atoms with Gasteiger partial charge in [0, 0.05) is 25.3 Å². The Morgan fingerprint density at radius 1 is 1.30 bits per heavy atom. The van der Waals surface area contributed by atoms with Crippen LogP contribution >= 0.6 is 0 Å². The van der Waals surface area contributed by atoms with Crippen LogP contribution in [0.4, 0.5) is 4.79 Å². The van der Waals surface area contributed by atoms with Crippen LogP contribution in [0, 0.1) is 0 Å². The Kier molecular flexibility index (Phi) is 6.05. The van der Waals surface area contributed by atoms with Crippen LogP contribution in [0.2, 0.25) is 0 Å². The Morgan fingerprint density at radius 3 is 2.78 bits per heavy atom. The van der Waals surface area contributed by atoms with Gasteiger partial charge in [0.25, 0.3) is 0 Å². The number of aromatic nitrogens is 3. The zero-order valence-electron chi connectivity index (χ0n) is 16.3. The third-order valence-corrected chi connectivity index (χ3v) is 4.59. The lowest BCUT2D eigenvalue weighted by atomic mass is 10.0. The number of piperidine rings is 1. The second kappa shape index (κ2) is 8.47. The Labute approximate surface area is 159 Å². The van der Waals surface area contributed by atoms with Gasteiger partial charge in [-0.25, -0.2) is 4.79 Å². The van der Waals surface area contributed by atoms with E-state index < -0.39 is 0 Å². The summed E-state index contributed by atoms with van der Waals surface area (Å²) in [5.74, 6) is 0.798.